The van der Waals surface area contributed by atoms with Gasteiger partial charge >= 0.3 is 0 Å². The molecule has 0 aliphatic rings. The van der Waals surface area contributed by atoms with E-state index in [9.17, 15) is 10.1 Å². The molecule has 0 fully saturated rings. The largest absolute Gasteiger partial charge is 0.383 e. The van der Waals surface area contributed by atoms with Crippen molar-refractivity contribution in [2.75, 3.05) is 30.6 Å². The number of nitrogens with zero attached hydrogens (tertiary/aromatic N) is 3. The number of pyridine rings is 1. The van der Waals surface area contributed by atoms with Crippen LogP contribution in [0.15, 0.2) is 12.1 Å². The van der Waals surface area contributed by atoms with Gasteiger partial charge in [0.05, 0.1) is 23.7 Å². The molecule has 0 spiro atoms. The lowest BCUT2D eigenvalue weighted by molar-refractivity contribution is -0.384. The van der Waals surface area contributed by atoms with Gasteiger partial charge in [-0.05, 0) is 13.8 Å². The van der Waals surface area contributed by atoms with Gasteiger partial charge in [0.2, 0.25) is 0 Å². The van der Waals surface area contributed by atoms with Crippen LogP contribution >= 0.6 is 0 Å². The zero-order valence-electron chi connectivity index (χ0n) is 11.3. The summed E-state index contributed by atoms with van der Waals surface area (Å²) in [6, 6.07) is 2.85. The molecule has 3 N–H and O–H groups in total. The molecule has 1 heterocycles. The van der Waals surface area contributed by atoms with Crippen LogP contribution in [0.25, 0.3) is 0 Å². The fourth-order valence-electron chi connectivity index (χ4n) is 1.66. The van der Waals surface area contributed by atoms with E-state index in [0.29, 0.717) is 19.0 Å². The first-order chi connectivity index (χ1) is 8.99. The normalized spacial score (nSPS) is 10.6. The van der Waals surface area contributed by atoms with Crippen LogP contribution in [-0.2, 0) is 4.74 Å². The van der Waals surface area contributed by atoms with Gasteiger partial charge in [0, 0.05) is 19.7 Å². The second-order valence-electron chi connectivity index (χ2n) is 4.25. The maximum Gasteiger partial charge on any atom is 0.276 e. The molecule has 19 heavy (non-hydrogen) atoms. The van der Waals surface area contributed by atoms with Crippen molar-refractivity contribution >= 4 is 17.3 Å². The average molecular weight is 269 g/mol. The molecule has 0 aliphatic carbocycles. The molecule has 0 aromatic carbocycles. The summed E-state index contributed by atoms with van der Waals surface area (Å²) in [6.07, 6.45) is 0. The third-order valence-electron chi connectivity index (χ3n) is 2.61. The quantitative estimate of drug-likeness (QED) is 0.434. The van der Waals surface area contributed by atoms with E-state index >= 15 is 0 Å². The van der Waals surface area contributed by atoms with Crippen LogP contribution in [0.2, 0.25) is 0 Å². The molecule has 0 radical (unpaired) electrons. The van der Waals surface area contributed by atoms with Crippen LogP contribution < -0.4 is 16.2 Å². The van der Waals surface area contributed by atoms with E-state index in [2.05, 4.69) is 10.4 Å². The summed E-state index contributed by atoms with van der Waals surface area (Å²) in [4.78, 5) is 16.6. The molecule has 0 aliphatic heterocycles. The molecular formula is C11H19N5O3. The predicted molar refractivity (Wildman–Crippen MR) is 73.1 cm³/mol. The summed E-state index contributed by atoms with van der Waals surface area (Å²) >= 11 is 0. The number of methoxy groups -OCH3 is 1. The number of rotatable bonds is 7. The van der Waals surface area contributed by atoms with Crippen LogP contribution in [0.3, 0.4) is 0 Å². The number of aromatic nitrogens is 1. The molecule has 0 bridgehead atoms. The molecular weight excluding hydrogens is 250 g/mol. The van der Waals surface area contributed by atoms with E-state index in [1.54, 1.807) is 7.11 Å². The van der Waals surface area contributed by atoms with Crippen LogP contribution in [0.5, 0.6) is 0 Å². The van der Waals surface area contributed by atoms with Gasteiger partial charge in [-0.2, -0.15) is 0 Å². The Balaban J connectivity index is 3.13. The Bertz CT molecular complexity index is 438. The summed E-state index contributed by atoms with van der Waals surface area (Å²) in [5, 5.41) is 10.9. The van der Waals surface area contributed by atoms with Gasteiger partial charge in [-0.15, -0.1) is 0 Å². The molecule has 1 aromatic heterocycles. The number of hydrogen-bond acceptors (Lipinski definition) is 7. The number of nitrogen functional groups attached to an aromatic ring is 1. The number of nitrogens with one attached hydrogen (secondary N) is 1. The maximum absolute atomic E-state index is 10.9. The van der Waals surface area contributed by atoms with Crippen molar-refractivity contribution < 1.29 is 9.66 Å². The van der Waals surface area contributed by atoms with E-state index in [0.717, 1.165) is 0 Å². The highest BCUT2D eigenvalue weighted by atomic mass is 16.6. The van der Waals surface area contributed by atoms with Crippen molar-refractivity contribution in [1.82, 2.24) is 4.98 Å². The van der Waals surface area contributed by atoms with E-state index in [1.807, 2.05) is 18.7 Å². The molecule has 0 saturated carbocycles. The first-order valence-corrected chi connectivity index (χ1v) is 5.88. The van der Waals surface area contributed by atoms with Crippen molar-refractivity contribution in [1.29, 1.82) is 0 Å². The zero-order chi connectivity index (χ0) is 14.4. The number of hydrogen-bond donors (Lipinski definition) is 2. The van der Waals surface area contributed by atoms with E-state index < -0.39 is 4.92 Å². The molecule has 8 nitrogen and oxygen atoms in total. The lowest BCUT2D eigenvalue weighted by atomic mass is 10.3. The number of anilines is 2. The zero-order valence-corrected chi connectivity index (χ0v) is 11.3. The third kappa shape index (κ3) is 4.04. The minimum absolute atomic E-state index is 0.0546. The predicted octanol–water partition coefficient (Wildman–Crippen LogP) is 1.14. The highest BCUT2D eigenvalue weighted by molar-refractivity contribution is 5.55. The highest BCUT2D eigenvalue weighted by Crippen LogP contribution is 2.24. The summed E-state index contributed by atoms with van der Waals surface area (Å²) in [5.41, 5.74) is 2.28. The van der Waals surface area contributed by atoms with Crippen LogP contribution in [0, 0.1) is 10.1 Å². The molecule has 0 atom stereocenters. The van der Waals surface area contributed by atoms with Crippen LogP contribution in [0.1, 0.15) is 13.8 Å². The van der Waals surface area contributed by atoms with Crippen molar-refractivity contribution in [2.45, 2.75) is 19.9 Å². The van der Waals surface area contributed by atoms with E-state index in [4.69, 9.17) is 10.6 Å². The Morgan fingerprint density at radius 2 is 2.26 bits per heavy atom. The van der Waals surface area contributed by atoms with Gasteiger partial charge in [-0.3, -0.25) is 10.1 Å². The fourth-order valence-corrected chi connectivity index (χ4v) is 1.66. The summed E-state index contributed by atoms with van der Waals surface area (Å²) in [7, 11) is 1.60. The Hall–Kier alpha value is -1.93. The molecule has 106 valence electrons. The Morgan fingerprint density at radius 1 is 1.58 bits per heavy atom. The van der Waals surface area contributed by atoms with Crippen LogP contribution in [-0.4, -0.2) is 36.2 Å². The minimum atomic E-state index is -0.471. The minimum Gasteiger partial charge on any atom is -0.383 e. The number of hydrazine groups is 1. The van der Waals surface area contributed by atoms with E-state index in [1.165, 1.54) is 12.1 Å². The summed E-state index contributed by atoms with van der Waals surface area (Å²) < 4.78 is 5.03. The third-order valence-corrected chi connectivity index (χ3v) is 2.61. The Morgan fingerprint density at radius 3 is 2.74 bits per heavy atom. The lowest BCUT2D eigenvalue weighted by Crippen LogP contribution is -2.34. The van der Waals surface area contributed by atoms with Gasteiger partial charge in [-0.1, -0.05) is 0 Å². The molecule has 8 heteroatoms. The van der Waals surface area contributed by atoms with Crippen molar-refractivity contribution in [2.24, 2.45) is 5.84 Å². The van der Waals surface area contributed by atoms with Gasteiger partial charge in [0.25, 0.3) is 5.69 Å². The summed E-state index contributed by atoms with van der Waals surface area (Å²) in [5.74, 6) is 6.04. The summed E-state index contributed by atoms with van der Waals surface area (Å²) in [6.45, 7) is 5.05. The molecule has 1 aromatic rings. The van der Waals surface area contributed by atoms with Gasteiger partial charge in [-0.25, -0.2) is 10.8 Å². The number of ether oxygens (including phenoxy) is 1. The smallest absolute Gasteiger partial charge is 0.276 e. The second kappa shape index (κ2) is 6.86. The first-order valence-electron chi connectivity index (χ1n) is 5.88. The number of nitrogens with two attached hydrogens (primary N) is 1. The maximum atomic E-state index is 10.9. The standard InChI is InChI=1S/C11H19N5O3/c1-8(2)15(4-5-19-3)11-7-9(16(17)18)6-10(13-11)14-12/h6-8H,4-5,12H2,1-3H3,(H,13,14). The first kappa shape index (κ1) is 15.1. The fraction of sp³-hybridized carbons (Fsp3) is 0.545. The second-order valence-corrected chi connectivity index (χ2v) is 4.25. The Kier molecular flexibility index (Phi) is 5.46. The highest BCUT2D eigenvalue weighted by Gasteiger charge is 2.17. The average Bonchev–Trinajstić information content (AvgIpc) is 2.38. The topological polar surface area (TPSA) is 107 Å². The van der Waals surface area contributed by atoms with Crippen molar-refractivity contribution in [3.63, 3.8) is 0 Å². The number of nitro groups is 1. The SMILES string of the molecule is COCCN(c1cc([N+](=O)[O-])cc(NN)n1)C(C)C. The molecule has 0 amide bonds. The van der Waals surface area contributed by atoms with Crippen molar-refractivity contribution in [3.05, 3.63) is 22.2 Å². The molecule has 0 saturated heterocycles. The Labute approximate surface area is 111 Å². The van der Waals surface area contributed by atoms with Gasteiger partial charge in [0.15, 0.2) is 0 Å². The molecule has 0 unspecified atom stereocenters. The van der Waals surface area contributed by atoms with Crippen molar-refractivity contribution in [3.8, 4) is 0 Å². The van der Waals surface area contributed by atoms with Gasteiger partial charge in [0.1, 0.15) is 11.6 Å². The van der Waals surface area contributed by atoms with Crippen LogP contribution in [0.4, 0.5) is 17.3 Å². The van der Waals surface area contributed by atoms with Gasteiger partial charge < -0.3 is 15.1 Å². The monoisotopic (exact) mass is 269 g/mol. The lowest BCUT2D eigenvalue weighted by Gasteiger charge is -2.27. The molecule has 1 rings (SSSR count). The van der Waals surface area contributed by atoms with E-state index in [-0.39, 0.29) is 17.5 Å².